The van der Waals surface area contributed by atoms with Gasteiger partial charge in [-0.05, 0) is 43.8 Å². The predicted octanol–water partition coefficient (Wildman–Crippen LogP) is 3.59. The molecule has 0 radical (unpaired) electrons. The Kier molecular flexibility index (Phi) is 7.53. The highest BCUT2D eigenvalue weighted by atomic mass is 35.5. The van der Waals surface area contributed by atoms with Gasteiger partial charge in [0.1, 0.15) is 0 Å². The molecule has 0 aliphatic carbocycles. The van der Waals surface area contributed by atoms with Crippen LogP contribution in [0, 0.1) is 0 Å². The van der Waals surface area contributed by atoms with E-state index >= 15 is 0 Å². The third-order valence-corrected chi connectivity index (χ3v) is 3.96. The van der Waals surface area contributed by atoms with Gasteiger partial charge >= 0.3 is 0 Å². The molecule has 1 aliphatic heterocycles. The van der Waals surface area contributed by atoms with E-state index in [1.165, 1.54) is 0 Å². The highest BCUT2D eigenvalue weighted by Crippen LogP contribution is 2.22. The first kappa shape index (κ1) is 18.3. The number of hydrogen-bond acceptors (Lipinski definition) is 2. The van der Waals surface area contributed by atoms with Crippen molar-refractivity contribution in [3.63, 3.8) is 0 Å². The van der Waals surface area contributed by atoms with Crippen LogP contribution in [0.25, 0.3) is 6.08 Å². The van der Waals surface area contributed by atoms with Gasteiger partial charge in [0.15, 0.2) is 0 Å². The van der Waals surface area contributed by atoms with E-state index in [0.29, 0.717) is 10.0 Å². The number of nitrogens with zero attached hydrogens (tertiary/aromatic N) is 2. The average Bonchev–Trinajstić information content (AvgIpc) is 2.62. The van der Waals surface area contributed by atoms with Crippen molar-refractivity contribution < 1.29 is 4.79 Å². The number of carbonyl (C=O) groups is 1. The van der Waals surface area contributed by atoms with Crippen molar-refractivity contribution in [3.8, 4) is 0 Å². The van der Waals surface area contributed by atoms with Gasteiger partial charge in [-0.25, -0.2) is 0 Å². The largest absolute Gasteiger partial charge is 0.338 e. The van der Waals surface area contributed by atoms with E-state index in [0.717, 1.165) is 38.2 Å². The summed E-state index contributed by atoms with van der Waals surface area (Å²) < 4.78 is 0. The summed E-state index contributed by atoms with van der Waals surface area (Å²) in [5, 5.41) is 1.14. The van der Waals surface area contributed by atoms with Gasteiger partial charge in [0.05, 0.1) is 0 Å². The molecule has 1 fully saturated rings. The second-order valence-corrected chi connectivity index (χ2v) is 5.82. The Balaban J connectivity index is 0.00000220. The molecule has 0 aromatic heterocycles. The Morgan fingerprint density at radius 3 is 2.67 bits per heavy atom. The Morgan fingerprint density at radius 2 is 1.95 bits per heavy atom. The molecular formula is C15H19Cl3N2O. The zero-order valence-electron chi connectivity index (χ0n) is 11.9. The summed E-state index contributed by atoms with van der Waals surface area (Å²) in [6.07, 6.45) is 4.34. The van der Waals surface area contributed by atoms with Crippen LogP contribution in [0.5, 0.6) is 0 Å². The van der Waals surface area contributed by atoms with Crippen LogP contribution in [-0.2, 0) is 4.79 Å². The molecule has 1 aliphatic rings. The van der Waals surface area contributed by atoms with E-state index in [1.807, 2.05) is 11.0 Å². The normalized spacial score (nSPS) is 16.6. The number of halogens is 3. The SMILES string of the molecule is CN1CCCN(C(=O)/C=C/c2ccc(Cl)cc2Cl)CC1.Cl. The zero-order valence-corrected chi connectivity index (χ0v) is 14.2. The van der Waals surface area contributed by atoms with Crippen molar-refractivity contribution in [3.05, 3.63) is 39.9 Å². The van der Waals surface area contributed by atoms with Crippen LogP contribution in [0.3, 0.4) is 0 Å². The summed E-state index contributed by atoms with van der Waals surface area (Å²) in [5.74, 6) is 0.0336. The third-order valence-electron chi connectivity index (χ3n) is 3.40. The van der Waals surface area contributed by atoms with Crippen molar-refractivity contribution in [1.29, 1.82) is 0 Å². The van der Waals surface area contributed by atoms with Crippen molar-refractivity contribution in [1.82, 2.24) is 9.80 Å². The van der Waals surface area contributed by atoms with Gasteiger partial charge in [-0.1, -0.05) is 29.3 Å². The lowest BCUT2D eigenvalue weighted by Gasteiger charge is -2.18. The van der Waals surface area contributed by atoms with Crippen LogP contribution in [0.4, 0.5) is 0 Å². The number of carbonyl (C=O) groups excluding carboxylic acids is 1. The molecule has 1 aromatic carbocycles. The van der Waals surface area contributed by atoms with E-state index < -0.39 is 0 Å². The first-order valence-electron chi connectivity index (χ1n) is 6.67. The minimum absolute atomic E-state index is 0. The standard InChI is InChI=1S/C15H18Cl2N2O.ClH/c1-18-7-2-8-19(10-9-18)15(20)6-4-12-3-5-13(16)11-14(12)17;/h3-6,11H,2,7-10H2,1H3;1H/b6-4+;. The van der Waals surface area contributed by atoms with Gasteiger partial charge in [-0.3, -0.25) is 4.79 Å². The fourth-order valence-electron chi connectivity index (χ4n) is 2.17. The maximum atomic E-state index is 12.2. The Hall–Kier alpha value is -0.740. The summed E-state index contributed by atoms with van der Waals surface area (Å²) in [6.45, 7) is 3.54. The molecule has 3 nitrogen and oxygen atoms in total. The van der Waals surface area contributed by atoms with Gasteiger partial charge < -0.3 is 9.80 Å². The van der Waals surface area contributed by atoms with E-state index in [-0.39, 0.29) is 18.3 Å². The molecule has 0 bridgehead atoms. The summed E-state index contributed by atoms with van der Waals surface area (Å²) in [5.41, 5.74) is 0.802. The molecule has 0 unspecified atom stereocenters. The van der Waals surface area contributed by atoms with Crippen LogP contribution in [0.1, 0.15) is 12.0 Å². The monoisotopic (exact) mass is 348 g/mol. The van der Waals surface area contributed by atoms with Crippen LogP contribution in [-0.4, -0.2) is 48.9 Å². The first-order valence-corrected chi connectivity index (χ1v) is 7.42. The molecule has 0 N–H and O–H groups in total. The summed E-state index contributed by atoms with van der Waals surface area (Å²) in [4.78, 5) is 16.3. The molecule has 1 heterocycles. The average molecular weight is 350 g/mol. The van der Waals surface area contributed by atoms with Crippen molar-refractivity contribution in [2.75, 3.05) is 33.2 Å². The predicted molar refractivity (Wildman–Crippen MR) is 91.4 cm³/mol. The number of rotatable bonds is 2. The minimum Gasteiger partial charge on any atom is -0.338 e. The molecule has 6 heteroatoms. The quantitative estimate of drug-likeness (QED) is 0.762. The molecule has 1 amide bonds. The minimum atomic E-state index is 0. The van der Waals surface area contributed by atoms with Crippen molar-refractivity contribution in [2.24, 2.45) is 0 Å². The van der Waals surface area contributed by atoms with Crippen LogP contribution in [0.15, 0.2) is 24.3 Å². The van der Waals surface area contributed by atoms with Gasteiger partial charge in [0.25, 0.3) is 0 Å². The van der Waals surface area contributed by atoms with Crippen LogP contribution in [0.2, 0.25) is 10.0 Å². The first-order chi connectivity index (χ1) is 9.56. The molecule has 0 spiro atoms. The molecule has 2 rings (SSSR count). The second kappa shape index (κ2) is 8.64. The fourth-order valence-corrected chi connectivity index (χ4v) is 2.64. The van der Waals surface area contributed by atoms with Gasteiger partial charge in [-0.15, -0.1) is 12.4 Å². The Labute approximate surface area is 141 Å². The molecule has 0 atom stereocenters. The van der Waals surface area contributed by atoms with E-state index in [9.17, 15) is 4.79 Å². The van der Waals surface area contributed by atoms with E-state index in [2.05, 4.69) is 11.9 Å². The Bertz CT molecular complexity index is 520. The van der Waals surface area contributed by atoms with E-state index in [1.54, 1.807) is 24.3 Å². The smallest absolute Gasteiger partial charge is 0.246 e. The van der Waals surface area contributed by atoms with Gasteiger partial charge in [0.2, 0.25) is 5.91 Å². The molecule has 1 saturated heterocycles. The lowest BCUT2D eigenvalue weighted by atomic mass is 10.2. The fraction of sp³-hybridized carbons (Fsp3) is 0.400. The third kappa shape index (κ3) is 5.51. The highest BCUT2D eigenvalue weighted by Gasteiger charge is 2.15. The van der Waals surface area contributed by atoms with Gasteiger partial charge in [-0.2, -0.15) is 0 Å². The summed E-state index contributed by atoms with van der Waals surface area (Å²) >= 11 is 11.9. The molecule has 1 aromatic rings. The molecule has 0 saturated carbocycles. The number of benzene rings is 1. The molecular weight excluding hydrogens is 331 g/mol. The van der Waals surface area contributed by atoms with E-state index in [4.69, 9.17) is 23.2 Å². The summed E-state index contributed by atoms with van der Waals surface area (Å²) in [6, 6.07) is 5.25. The maximum Gasteiger partial charge on any atom is 0.246 e. The van der Waals surface area contributed by atoms with Crippen LogP contribution < -0.4 is 0 Å². The highest BCUT2D eigenvalue weighted by molar-refractivity contribution is 6.35. The topological polar surface area (TPSA) is 23.6 Å². The number of likely N-dealkylation sites (N-methyl/N-ethyl adjacent to an activating group) is 1. The molecule has 116 valence electrons. The molecule has 21 heavy (non-hydrogen) atoms. The number of hydrogen-bond donors (Lipinski definition) is 0. The maximum absolute atomic E-state index is 12.2. The number of amides is 1. The second-order valence-electron chi connectivity index (χ2n) is 4.98. The van der Waals surface area contributed by atoms with Gasteiger partial charge in [0, 0.05) is 35.8 Å². The lowest BCUT2D eigenvalue weighted by Crippen LogP contribution is -2.33. The lowest BCUT2D eigenvalue weighted by molar-refractivity contribution is -0.125. The Morgan fingerprint density at radius 1 is 1.19 bits per heavy atom. The van der Waals surface area contributed by atoms with Crippen molar-refractivity contribution in [2.45, 2.75) is 6.42 Å². The zero-order chi connectivity index (χ0) is 14.5. The van der Waals surface area contributed by atoms with Crippen LogP contribution >= 0.6 is 35.6 Å². The van der Waals surface area contributed by atoms with Crippen molar-refractivity contribution >= 4 is 47.6 Å². The summed E-state index contributed by atoms with van der Waals surface area (Å²) in [7, 11) is 2.08.